The van der Waals surface area contributed by atoms with Gasteiger partial charge < -0.3 is 15.7 Å². The van der Waals surface area contributed by atoms with Crippen molar-refractivity contribution in [3.63, 3.8) is 0 Å². The molecular weight excluding hydrogens is 222 g/mol. The maximum absolute atomic E-state index is 11.2. The van der Waals surface area contributed by atoms with Crippen molar-refractivity contribution in [2.24, 2.45) is 11.7 Å². The average Bonchev–Trinajstić information content (AvgIpc) is 2.22. The Morgan fingerprint density at radius 3 is 2.82 bits per heavy atom. The molecule has 1 amide bonds. The summed E-state index contributed by atoms with van der Waals surface area (Å²) in [4.78, 5) is 27.7. The second-order valence-electron chi connectivity index (χ2n) is 4.11. The summed E-state index contributed by atoms with van der Waals surface area (Å²) in [5.41, 5.74) is 5.62. The molecule has 0 unspecified atom stereocenters. The van der Waals surface area contributed by atoms with Gasteiger partial charge in [-0.1, -0.05) is 0 Å². The summed E-state index contributed by atoms with van der Waals surface area (Å²) in [6, 6.07) is 3.27. The molecule has 2 rings (SSSR count). The van der Waals surface area contributed by atoms with E-state index in [1.807, 2.05) is 4.90 Å². The third-order valence-corrected chi connectivity index (χ3v) is 2.77. The van der Waals surface area contributed by atoms with Crippen molar-refractivity contribution in [2.75, 3.05) is 18.0 Å². The number of carbonyl (C=O) groups is 2. The van der Waals surface area contributed by atoms with Crippen LogP contribution in [0.5, 0.6) is 0 Å². The summed E-state index contributed by atoms with van der Waals surface area (Å²) in [5.74, 6) is -0.655. The lowest BCUT2D eigenvalue weighted by molar-refractivity contribution is -0.138. The van der Waals surface area contributed by atoms with Crippen LogP contribution in [0, 0.1) is 5.92 Å². The lowest BCUT2D eigenvalue weighted by Crippen LogP contribution is -2.48. The first kappa shape index (κ1) is 11.4. The fourth-order valence-electron chi connectivity index (χ4n) is 1.96. The minimum Gasteiger partial charge on any atom is -0.481 e. The van der Waals surface area contributed by atoms with Crippen LogP contribution in [0.1, 0.15) is 16.8 Å². The Morgan fingerprint density at radius 2 is 2.24 bits per heavy atom. The number of carboxylic acids is 1. The van der Waals surface area contributed by atoms with Crippen molar-refractivity contribution in [3.05, 3.63) is 23.9 Å². The highest BCUT2D eigenvalue weighted by Crippen LogP contribution is 2.27. The van der Waals surface area contributed by atoms with Crippen LogP contribution in [-0.4, -0.2) is 35.1 Å². The molecule has 1 aliphatic rings. The van der Waals surface area contributed by atoms with E-state index in [0.717, 1.165) is 0 Å². The highest BCUT2D eigenvalue weighted by molar-refractivity contribution is 5.97. The Bertz CT molecular complexity index is 455. The molecule has 17 heavy (non-hydrogen) atoms. The van der Waals surface area contributed by atoms with E-state index in [0.29, 0.717) is 24.5 Å². The predicted octanol–water partition coefficient (Wildman–Crippen LogP) is 0.0914. The number of primary amides is 1. The largest absolute Gasteiger partial charge is 0.481 e. The Hall–Kier alpha value is -2.11. The maximum Gasteiger partial charge on any atom is 0.303 e. The van der Waals surface area contributed by atoms with E-state index < -0.39 is 11.9 Å². The first-order valence-corrected chi connectivity index (χ1v) is 5.29. The van der Waals surface area contributed by atoms with Crippen LogP contribution in [-0.2, 0) is 4.79 Å². The van der Waals surface area contributed by atoms with E-state index in [4.69, 9.17) is 10.8 Å². The van der Waals surface area contributed by atoms with E-state index >= 15 is 0 Å². The number of nitrogens with zero attached hydrogens (tertiary/aromatic N) is 2. The van der Waals surface area contributed by atoms with Crippen LogP contribution < -0.4 is 10.6 Å². The molecule has 0 saturated carbocycles. The molecule has 1 fully saturated rings. The lowest BCUT2D eigenvalue weighted by atomic mass is 9.96. The van der Waals surface area contributed by atoms with Crippen LogP contribution in [0.25, 0.3) is 0 Å². The van der Waals surface area contributed by atoms with E-state index in [1.165, 1.54) is 0 Å². The third-order valence-electron chi connectivity index (χ3n) is 2.77. The van der Waals surface area contributed by atoms with Gasteiger partial charge in [0.15, 0.2) is 0 Å². The van der Waals surface area contributed by atoms with Gasteiger partial charge in [-0.05, 0) is 12.1 Å². The summed E-state index contributed by atoms with van der Waals surface area (Å²) in [7, 11) is 0. The van der Waals surface area contributed by atoms with Gasteiger partial charge in [-0.2, -0.15) is 0 Å². The molecule has 0 aromatic carbocycles. The fraction of sp³-hybridized carbons (Fsp3) is 0.364. The number of aromatic nitrogens is 1. The Kier molecular flexibility index (Phi) is 2.95. The monoisotopic (exact) mass is 235 g/mol. The van der Waals surface area contributed by atoms with Gasteiger partial charge in [-0.25, -0.2) is 4.98 Å². The number of nitrogens with two attached hydrogens (primary N) is 1. The number of pyridine rings is 1. The number of carbonyl (C=O) groups excluding carboxylic acids is 1. The lowest BCUT2D eigenvalue weighted by Gasteiger charge is -2.40. The third kappa shape index (κ3) is 2.35. The Morgan fingerprint density at radius 1 is 1.53 bits per heavy atom. The van der Waals surface area contributed by atoms with E-state index in [1.54, 1.807) is 18.3 Å². The highest BCUT2D eigenvalue weighted by Gasteiger charge is 2.31. The molecule has 0 radical (unpaired) electrons. The molecule has 1 saturated heterocycles. The number of anilines is 1. The van der Waals surface area contributed by atoms with Gasteiger partial charge in [-0.15, -0.1) is 0 Å². The van der Waals surface area contributed by atoms with E-state index in [2.05, 4.69) is 4.98 Å². The number of carboxylic acid groups (broad SMARTS) is 1. The van der Waals surface area contributed by atoms with Crippen LogP contribution in [0.2, 0.25) is 0 Å². The van der Waals surface area contributed by atoms with Crippen molar-refractivity contribution in [1.29, 1.82) is 0 Å². The first-order valence-electron chi connectivity index (χ1n) is 5.29. The molecule has 0 aliphatic carbocycles. The normalized spacial score (nSPS) is 15.4. The van der Waals surface area contributed by atoms with Crippen molar-refractivity contribution in [2.45, 2.75) is 6.42 Å². The number of hydrogen-bond acceptors (Lipinski definition) is 4. The van der Waals surface area contributed by atoms with Gasteiger partial charge in [0, 0.05) is 25.2 Å². The molecule has 0 atom stereocenters. The molecule has 0 bridgehead atoms. The minimum atomic E-state index is -0.800. The topological polar surface area (TPSA) is 96.5 Å². The zero-order chi connectivity index (χ0) is 12.4. The molecule has 1 aromatic heterocycles. The molecule has 1 aromatic rings. The zero-order valence-corrected chi connectivity index (χ0v) is 9.17. The number of hydrogen-bond donors (Lipinski definition) is 2. The highest BCUT2D eigenvalue weighted by atomic mass is 16.4. The van der Waals surface area contributed by atoms with Crippen molar-refractivity contribution < 1.29 is 14.7 Å². The summed E-state index contributed by atoms with van der Waals surface area (Å²) >= 11 is 0. The zero-order valence-electron chi connectivity index (χ0n) is 9.17. The standard InChI is InChI=1S/C11H13N3O3/c12-10(17)8-2-1-3-13-11(8)14-5-7(6-14)4-9(15)16/h1-3,7H,4-6H2,(H2,12,17)(H,15,16). The molecule has 3 N–H and O–H groups in total. The van der Waals surface area contributed by atoms with Crippen molar-refractivity contribution in [1.82, 2.24) is 4.98 Å². The number of amides is 1. The molecule has 0 spiro atoms. The van der Waals surface area contributed by atoms with Crippen LogP contribution in [0.15, 0.2) is 18.3 Å². The van der Waals surface area contributed by atoms with Gasteiger partial charge >= 0.3 is 5.97 Å². The number of aliphatic carboxylic acids is 1. The predicted molar refractivity (Wildman–Crippen MR) is 60.7 cm³/mol. The summed E-state index contributed by atoms with van der Waals surface area (Å²) < 4.78 is 0. The van der Waals surface area contributed by atoms with Crippen LogP contribution >= 0.6 is 0 Å². The second kappa shape index (κ2) is 4.40. The molecule has 2 heterocycles. The first-order chi connectivity index (χ1) is 8.08. The van der Waals surface area contributed by atoms with Crippen molar-refractivity contribution in [3.8, 4) is 0 Å². The van der Waals surface area contributed by atoms with Crippen LogP contribution in [0.4, 0.5) is 5.82 Å². The molecule has 90 valence electrons. The quantitative estimate of drug-likeness (QED) is 0.771. The summed E-state index contributed by atoms with van der Waals surface area (Å²) in [6.45, 7) is 1.20. The van der Waals surface area contributed by atoms with Gasteiger partial charge in [0.1, 0.15) is 5.82 Å². The molecule has 1 aliphatic heterocycles. The maximum atomic E-state index is 11.2. The molecule has 6 heteroatoms. The summed E-state index contributed by atoms with van der Waals surface area (Å²) in [5, 5.41) is 8.64. The SMILES string of the molecule is NC(=O)c1cccnc1N1CC(CC(=O)O)C1. The van der Waals surface area contributed by atoms with E-state index in [-0.39, 0.29) is 12.3 Å². The fourth-order valence-corrected chi connectivity index (χ4v) is 1.96. The van der Waals surface area contributed by atoms with Crippen molar-refractivity contribution >= 4 is 17.7 Å². The molecule has 6 nitrogen and oxygen atoms in total. The number of rotatable bonds is 4. The van der Waals surface area contributed by atoms with Gasteiger partial charge in [0.05, 0.1) is 12.0 Å². The summed E-state index contributed by atoms with van der Waals surface area (Å²) in [6.07, 6.45) is 1.74. The van der Waals surface area contributed by atoms with E-state index in [9.17, 15) is 9.59 Å². The van der Waals surface area contributed by atoms with Crippen LogP contribution in [0.3, 0.4) is 0 Å². The van der Waals surface area contributed by atoms with Gasteiger partial charge in [0.2, 0.25) is 0 Å². The minimum absolute atomic E-state index is 0.121. The Balaban J connectivity index is 2.06. The van der Waals surface area contributed by atoms with Gasteiger partial charge in [-0.3, -0.25) is 9.59 Å². The molecular formula is C11H13N3O3. The second-order valence-corrected chi connectivity index (χ2v) is 4.11. The Labute approximate surface area is 98.1 Å². The van der Waals surface area contributed by atoms with Gasteiger partial charge in [0.25, 0.3) is 5.91 Å². The smallest absolute Gasteiger partial charge is 0.303 e. The average molecular weight is 235 g/mol.